The SMILES string of the molecule is CC1=C(C(=O)OC2CCCCC2)C(c2ccc(N(C)C)cc2)C2=C(CC(c3ccccc3)CC2=O)N1. The number of esters is 1. The maximum absolute atomic E-state index is 13.8. The van der Waals surface area contributed by atoms with Gasteiger partial charge in [0.15, 0.2) is 5.78 Å². The van der Waals surface area contributed by atoms with E-state index in [2.05, 4.69) is 29.6 Å². The van der Waals surface area contributed by atoms with Crippen molar-refractivity contribution < 1.29 is 14.3 Å². The van der Waals surface area contributed by atoms with Crippen molar-refractivity contribution in [2.24, 2.45) is 0 Å². The summed E-state index contributed by atoms with van der Waals surface area (Å²) in [5.74, 6) is -0.476. The molecule has 2 unspecified atom stereocenters. The monoisotopic (exact) mass is 484 g/mol. The predicted octanol–water partition coefficient (Wildman–Crippen LogP) is 5.99. The van der Waals surface area contributed by atoms with Crippen molar-refractivity contribution >= 4 is 17.4 Å². The van der Waals surface area contributed by atoms with Gasteiger partial charge in [0.1, 0.15) is 6.10 Å². The van der Waals surface area contributed by atoms with Gasteiger partial charge in [-0.05, 0) is 68.2 Å². The Bertz CT molecular complexity index is 1190. The van der Waals surface area contributed by atoms with Crippen LogP contribution in [0.15, 0.2) is 77.1 Å². The highest BCUT2D eigenvalue weighted by Crippen LogP contribution is 2.46. The zero-order chi connectivity index (χ0) is 25.2. The second kappa shape index (κ2) is 10.3. The van der Waals surface area contributed by atoms with E-state index in [0.29, 0.717) is 12.0 Å². The molecule has 0 radical (unpaired) electrons. The minimum absolute atomic E-state index is 0.0387. The Morgan fingerprint density at radius 3 is 2.28 bits per heavy atom. The topological polar surface area (TPSA) is 58.6 Å². The summed E-state index contributed by atoms with van der Waals surface area (Å²) >= 11 is 0. The van der Waals surface area contributed by atoms with Crippen LogP contribution in [0, 0.1) is 0 Å². The van der Waals surface area contributed by atoms with E-state index >= 15 is 0 Å². The zero-order valence-electron chi connectivity index (χ0n) is 21.5. The maximum atomic E-state index is 13.8. The molecule has 0 aromatic heterocycles. The molecule has 5 nitrogen and oxygen atoms in total. The number of nitrogens with one attached hydrogen (secondary N) is 1. The highest BCUT2D eigenvalue weighted by atomic mass is 16.5. The van der Waals surface area contributed by atoms with Crippen molar-refractivity contribution in [3.8, 4) is 0 Å². The third-order valence-electron chi connectivity index (χ3n) is 7.89. The van der Waals surface area contributed by atoms with Gasteiger partial charge in [0.25, 0.3) is 0 Å². The lowest BCUT2D eigenvalue weighted by molar-refractivity contribution is -0.146. The fourth-order valence-corrected chi connectivity index (χ4v) is 5.97. The van der Waals surface area contributed by atoms with Crippen molar-refractivity contribution in [3.63, 3.8) is 0 Å². The lowest BCUT2D eigenvalue weighted by atomic mass is 9.71. The third-order valence-corrected chi connectivity index (χ3v) is 7.89. The van der Waals surface area contributed by atoms with Crippen LogP contribution in [0.1, 0.15) is 74.8 Å². The molecule has 2 atom stereocenters. The normalized spacial score (nSPS) is 22.7. The molecule has 2 aliphatic carbocycles. The van der Waals surface area contributed by atoms with Gasteiger partial charge >= 0.3 is 5.97 Å². The van der Waals surface area contributed by atoms with Crippen LogP contribution in [0.25, 0.3) is 0 Å². The first kappa shape index (κ1) is 24.4. The van der Waals surface area contributed by atoms with E-state index in [9.17, 15) is 9.59 Å². The number of anilines is 1. The van der Waals surface area contributed by atoms with Crippen LogP contribution in [0.4, 0.5) is 5.69 Å². The number of ether oxygens (including phenoxy) is 1. The Kier molecular flexibility index (Phi) is 6.99. The summed E-state index contributed by atoms with van der Waals surface area (Å²) in [5.41, 5.74) is 6.23. The summed E-state index contributed by atoms with van der Waals surface area (Å²) in [6.07, 6.45) is 6.38. The molecule has 0 bridgehead atoms. The highest BCUT2D eigenvalue weighted by molar-refractivity contribution is 6.04. The molecule has 5 rings (SSSR count). The largest absolute Gasteiger partial charge is 0.459 e. The average molecular weight is 485 g/mol. The highest BCUT2D eigenvalue weighted by Gasteiger charge is 2.41. The van der Waals surface area contributed by atoms with Crippen molar-refractivity contribution in [1.82, 2.24) is 5.32 Å². The molecule has 1 saturated carbocycles. The smallest absolute Gasteiger partial charge is 0.337 e. The van der Waals surface area contributed by atoms with E-state index in [1.54, 1.807) is 0 Å². The van der Waals surface area contributed by atoms with Gasteiger partial charge in [-0.1, -0.05) is 48.9 Å². The fourth-order valence-electron chi connectivity index (χ4n) is 5.97. The Labute approximate surface area is 214 Å². The third kappa shape index (κ3) is 4.84. The molecule has 1 aliphatic heterocycles. The molecule has 0 saturated heterocycles. The van der Waals surface area contributed by atoms with Gasteiger partial charge in [-0.3, -0.25) is 4.79 Å². The number of Topliss-reactive ketones (excluding diaryl/α,β-unsaturated/α-hetero) is 1. The van der Waals surface area contributed by atoms with Crippen LogP contribution >= 0.6 is 0 Å². The van der Waals surface area contributed by atoms with Crippen LogP contribution in [0.2, 0.25) is 0 Å². The number of rotatable bonds is 5. The molecule has 3 aliphatic rings. The molecule has 5 heteroatoms. The number of dihydropyridines is 1. The van der Waals surface area contributed by atoms with Gasteiger partial charge in [0.05, 0.1) is 5.57 Å². The average Bonchev–Trinajstić information content (AvgIpc) is 2.89. The van der Waals surface area contributed by atoms with Gasteiger partial charge in [-0.2, -0.15) is 0 Å². The molecular formula is C31H36N2O3. The van der Waals surface area contributed by atoms with Crippen LogP contribution < -0.4 is 10.2 Å². The Hall–Kier alpha value is -3.34. The molecule has 1 N–H and O–H groups in total. The number of hydrogen-bond acceptors (Lipinski definition) is 5. The number of hydrogen-bond donors (Lipinski definition) is 1. The first-order valence-electron chi connectivity index (χ1n) is 13.2. The molecule has 1 heterocycles. The van der Waals surface area contributed by atoms with Gasteiger partial charge in [-0.25, -0.2) is 4.79 Å². The zero-order valence-corrected chi connectivity index (χ0v) is 21.5. The van der Waals surface area contributed by atoms with E-state index < -0.39 is 5.92 Å². The summed E-state index contributed by atoms with van der Waals surface area (Å²) in [4.78, 5) is 29.4. The van der Waals surface area contributed by atoms with E-state index in [1.165, 1.54) is 12.0 Å². The number of nitrogens with zero attached hydrogens (tertiary/aromatic N) is 1. The Balaban J connectivity index is 1.53. The summed E-state index contributed by atoms with van der Waals surface area (Å²) < 4.78 is 6.04. The number of benzene rings is 2. The van der Waals surface area contributed by atoms with Gasteiger partial charge in [-0.15, -0.1) is 0 Å². The minimum Gasteiger partial charge on any atom is -0.459 e. The number of carbonyl (C=O) groups excluding carboxylic acids is 2. The Morgan fingerprint density at radius 1 is 0.917 bits per heavy atom. The minimum atomic E-state index is -0.419. The molecule has 0 spiro atoms. The second-order valence-corrected chi connectivity index (χ2v) is 10.6. The second-order valence-electron chi connectivity index (χ2n) is 10.6. The van der Waals surface area contributed by atoms with E-state index in [4.69, 9.17) is 4.74 Å². The summed E-state index contributed by atoms with van der Waals surface area (Å²) in [5, 5.41) is 3.48. The Morgan fingerprint density at radius 2 is 1.61 bits per heavy atom. The quantitative estimate of drug-likeness (QED) is 0.528. The van der Waals surface area contributed by atoms with Crippen LogP contribution in [0.5, 0.6) is 0 Å². The molecule has 2 aromatic carbocycles. The number of ketones is 1. The first-order valence-corrected chi connectivity index (χ1v) is 13.2. The standard InChI is InChI=1S/C31H36N2O3/c1-20-28(31(35)36-25-12-8-5-9-13-25)29(22-14-16-24(17-15-22)33(2)3)30-26(32-20)18-23(19-27(30)34)21-10-6-4-7-11-21/h4,6-7,10-11,14-17,23,25,29,32H,5,8-9,12-13,18-19H2,1-3H3. The molecular weight excluding hydrogens is 448 g/mol. The number of allylic oxidation sites excluding steroid dienone is 3. The van der Waals surface area contributed by atoms with Crippen LogP contribution in [-0.2, 0) is 14.3 Å². The van der Waals surface area contributed by atoms with Crippen molar-refractivity contribution in [1.29, 1.82) is 0 Å². The van der Waals surface area contributed by atoms with E-state index in [1.807, 2.05) is 56.3 Å². The summed E-state index contributed by atoms with van der Waals surface area (Å²) in [6, 6.07) is 18.5. The summed E-state index contributed by atoms with van der Waals surface area (Å²) in [6.45, 7) is 1.94. The molecule has 36 heavy (non-hydrogen) atoms. The van der Waals surface area contributed by atoms with Crippen molar-refractivity contribution in [2.45, 2.75) is 69.8 Å². The van der Waals surface area contributed by atoms with Crippen molar-refractivity contribution in [3.05, 3.63) is 88.3 Å². The van der Waals surface area contributed by atoms with Gasteiger partial charge < -0.3 is 15.0 Å². The number of carbonyl (C=O) groups is 2. The van der Waals surface area contributed by atoms with Crippen LogP contribution in [-0.4, -0.2) is 32.0 Å². The van der Waals surface area contributed by atoms with Crippen molar-refractivity contribution in [2.75, 3.05) is 19.0 Å². The fraction of sp³-hybridized carbons (Fsp3) is 0.419. The van der Waals surface area contributed by atoms with Gasteiger partial charge in [0.2, 0.25) is 0 Å². The lowest BCUT2D eigenvalue weighted by Crippen LogP contribution is -2.37. The van der Waals surface area contributed by atoms with E-state index in [0.717, 1.165) is 60.3 Å². The molecule has 2 aromatic rings. The predicted molar refractivity (Wildman–Crippen MR) is 143 cm³/mol. The molecule has 188 valence electrons. The lowest BCUT2D eigenvalue weighted by Gasteiger charge is -2.37. The maximum Gasteiger partial charge on any atom is 0.337 e. The summed E-state index contributed by atoms with van der Waals surface area (Å²) in [7, 11) is 4.01. The first-order chi connectivity index (χ1) is 17.4. The molecule has 0 amide bonds. The van der Waals surface area contributed by atoms with Gasteiger partial charge in [0, 0.05) is 49.1 Å². The van der Waals surface area contributed by atoms with E-state index in [-0.39, 0.29) is 23.8 Å². The van der Waals surface area contributed by atoms with Crippen LogP contribution in [0.3, 0.4) is 0 Å². The molecule has 1 fully saturated rings.